The SMILES string of the molecule is CCCCC(CCC)NC(=O)NC(C)C(=O)O. The lowest BCUT2D eigenvalue weighted by atomic mass is 10.1. The van der Waals surface area contributed by atoms with Crippen molar-refractivity contribution < 1.29 is 14.7 Å². The molecule has 3 N–H and O–H groups in total. The monoisotopic (exact) mass is 244 g/mol. The number of carboxylic acids is 1. The van der Waals surface area contributed by atoms with Crippen molar-refractivity contribution in [1.29, 1.82) is 0 Å². The van der Waals surface area contributed by atoms with Gasteiger partial charge >= 0.3 is 12.0 Å². The minimum atomic E-state index is -1.03. The Morgan fingerprint density at radius 1 is 1.12 bits per heavy atom. The molecule has 0 aromatic rings. The van der Waals surface area contributed by atoms with Crippen molar-refractivity contribution in [2.75, 3.05) is 0 Å². The van der Waals surface area contributed by atoms with Crippen LogP contribution in [0, 0.1) is 0 Å². The van der Waals surface area contributed by atoms with E-state index >= 15 is 0 Å². The van der Waals surface area contributed by atoms with Gasteiger partial charge in [-0.3, -0.25) is 4.79 Å². The van der Waals surface area contributed by atoms with Gasteiger partial charge in [-0.1, -0.05) is 33.1 Å². The number of aliphatic carboxylic acids is 1. The van der Waals surface area contributed by atoms with E-state index in [-0.39, 0.29) is 6.04 Å². The molecule has 0 aliphatic rings. The van der Waals surface area contributed by atoms with Crippen LogP contribution < -0.4 is 10.6 Å². The van der Waals surface area contributed by atoms with Crippen LogP contribution in [0.4, 0.5) is 4.79 Å². The van der Waals surface area contributed by atoms with Gasteiger partial charge in [0.25, 0.3) is 0 Å². The summed E-state index contributed by atoms with van der Waals surface area (Å²) in [6, 6.07) is -1.11. The molecule has 0 aromatic carbocycles. The summed E-state index contributed by atoms with van der Waals surface area (Å²) in [7, 11) is 0. The highest BCUT2D eigenvalue weighted by Crippen LogP contribution is 2.06. The summed E-state index contributed by atoms with van der Waals surface area (Å²) in [5, 5.41) is 13.9. The summed E-state index contributed by atoms with van der Waals surface area (Å²) in [6.07, 6.45) is 5.03. The molecule has 0 rings (SSSR count). The fraction of sp³-hybridized carbons (Fsp3) is 0.833. The summed E-state index contributed by atoms with van der Waals surface area (Å²) in [5.74, 6) is -1.03. The van der Waals surface area contributed by atoms with Crippen molar-refractivity contribution in [3.63, 3.8) is 0 Å². The number of unbranched alkanes of at least 4 members (excludes halogenated alkanes) is 1. The van der Waals surface area contributed by atoms with Gasteiger partial charge in [-0.05, 0) is 19.8 Å². The smallest absolute Gasteiger partial charge is 0.325 e. The number of rotatable bonds is 8. The molecule has 2 unspecified atom stereocenters. The van der Waals surface area contributed by atoms with E-state index in [9.17, 15) is 9.59 Å². The highest BCUT2D eigenvalue weighted by molar-refractivity contribution is 5.82. The molecule has 0 saturated heterocycles. The predicted octanol–water partition coefficient (Wildman–Crippen LogP) is 2.12. The maximum atomic E-state index is 11.5. The number of carboxylic acid groups (broad SMARTS) is 1. The summed E-state index contributed by atoms with van der Waals surface area (Å²) in [6.45, 7) is 5.62. The Hall–Kier alpha value is -1.26. The molecule has 5 nitrogen and oxygen atoms in total. The quantitative estimate of drug-likeness (QED) is 0.612. The van der Waals surface area contributed by atoms with Crippen LogP contribution in [0.3, 0.4) is 0 Å². The summed E-state index contributed by atoms with van der Waals surface area (Å²) >= 11 is 0. The maximum Gasteiger partial charge on any atom is 0.325 e. The number of nitrogens with one attached hydrogen (secondary N) is 2. The predicted molar refractivity (Wildman–Crippen MR) is 67.0 cm³/mol. The van der Waals surface area contributed by atoms with E-state index < -0.39 is 18.0 Å². The third kappa shape index (κ3) is 7.60. The fourth-order valence-electron chi connectivity index (χ4n) is 1.57. The zero-order valence-corrected chi connectivity index (χ0v) is 11.0. The Bertz CT molecular complexity index is 244. The molecule has 0 fully saturated rings. The summed E-state index contributed by atoms with van der Waals surface area (Å²) in [5.41, 5.74) is 0. The standard InChI is InChI=1S/C12H24N2O3/c1-4-6-8-10(7-5-2)14-12(17)13-9(3)11(15)16/h9-10H,4-8H2,1-3H3,(H,15,16)(H2,13,14,17). The first-order valence-corrected chi connectivity index (χ1v) is 6.31. The molecule has 100 valence electrons. The van der Waals surface area contributed by atoms with Crippen LogP contribution >= 0.6 is 0 Å². The highest BCUT2D eigenvalue weighted by Gasteiger charge is 2.16. The Labute approximate surface area is 103 Å². The first-order chi connectivity index (χ1) is 8.01. The lowest BCUT2D eigenvalue weighted by molar-refractivity contribution is -0.138. The van der Waals surface area contributed by atoms with E-state index in [1.807, 2.05) is 0 Å². The lowest BCUT2D eigenvalue weighted by Gasteiger charge is -2.19. The van der Waals surface area contributed by atoms with Crippen LogP contribution in [-0.2, 0) is 4.79 Å². The lowest BCUT2D eigenvalue weighted by Crippen LogP contribution is -2.47. The summed E-state index contributed by atoms with van der Waals surface area (Å²) in [4.78, 5) is 22.1. The van der Waals surface area contributed by atoms with Gasteiger partial charge in [-0.15, -0.1) is 0 Å². The second-order valence-corrected chi connectivity index (χ2v) is 4.31. The third-order valence-corrected chi connectivity index (χ3v) is 2.60. The zero-order valence-electron chi connectivity index (χ0n) is 11.0. The molecule has 0 radical (unpaired) electrons. The van der Waals surface area contributed by atoms with E-state index in [4.69, 9.17) is 5.11 Å². The third-order valence-electron chi connectivity index (χ3n) is 2.60. The molecule has 0 aliphatic heterocycles. The van der Waals surface area contributed by atoms with Crippen molar-refractivity contribution in [2.24, 2.45) is 0 Å². The number of urea groups is 1. The van der Waals surface area contributed by atoms with E-state index in [0.29, 0.717) is 0 Å². The van der Waals surface area contributed by atoms with Gasteiger partial charge in [-0.25, -0.2) is 4.79 Å². The molecule has 0 spiro atoms. The number of amides is 2. The Kier molecular flexibility index (Phi) is 8.19. The average Bonchev–Trinajstić information content (AvgIpc) is 2.25. The van der Waals surface area contributed by atoms with Crippen molar-refractivity contribution in [1.82, 2.24) is 10.6 Å². The summed E-state index contributed by atoms with van der Waals surface area (Å²) < 4.78 is 0. The zero-order chi connectivity index (χ0) is 13.3. The molecule has 0 aromatic heterocycles. The molecular weight excluding hydrogens is 220 g/mol. The first kappa shape index (κ1) is 15.7. The Morgan fingerprint density at radius 2 is 1.76 bits per heavy atom. The maximum absolute atomic E-state index is 11.5. The average molecular weight is 244 g/mol. The number of hydrogen-bond donors (Lipinski definition) is 3. The van der Waals surface area contributed by atoms with Gasteiger partial charge < -0.3 is 15.7 Å². The Morgan fingerprint density at radius 3 is 2.24 bits per heavy atom. The molecule has 5 heteroatoms. The van der Waals surface area contributed by atoms with Crippen LogP contribution in [0.25, 0.3) is 0 Å². The first-order valence-electron chi connectivity index (χ1n) is 6.31. The van der Waals surface area contributed by atoms with Gasteiger partial charge in [0.1, 0.15) is 6.04 Å². The molecular formula is C12H24N2O3. The molecule has 0 saturated carbocycles. The fourth-order valence-corrected chi connectivity index (χ4v) is 1.57. The van der Waals surface area contributed by atoms with Crippen molar-refractivity contribution in [3.8, 4) is 0 Å². The van der Waals surface area contributed by atoms with Crippen LogP contribution in [0.15, 0.2) is 0 Å². The van der Waals surface area contributed by atoms with Gasteiger partial charge in [0.2, 0.25) is 0 Å². The van der Waals surface area contributed by atoms with E-state index in [1.54, 1.807) is 0 Å². The Balaban J connectivity index is 4.06. The van der Waals surface area contributed by atoms with Gasteiger partial charge in [-0.2, -0.15) is 0 Å². The minimum Gasteiger partial charge on any atom is -0.480 e. The van der Waals surface area contributed by atoms with E-state index in [2.05, 4.69) is 24.5 Å². The van der Waals surface area contributed by atoms with E-state index in [1.165, 1.54) is 6.92 Å². The largest absolute Gasteiger partial charge is 0.480 e. The normalized spacial score (nSPS) is 13.8. The van der Waals surface area contributed by atoms with Gasteiger partial charge in [0.05, 0.1) is 0 Å². The van der Waals surface area contributed by atoms with Crippen molar-refractivity contribution in [3.05, 3.63) is 0 Å². The number of hydrogen-bond acceptors (Lipinski definition) is 2. The second-order valence-electron chi connectivity index (χ2n) is 4.31. The molecule has 0 aliphatic carbocycles. The molecule has 2 amide bonds. The second kappa shape index (κ2) is 8.84. The van der Waals surface area contributed by atoms with Crippen molar-refractivity contribution >= 4 is 12.0 Å². The van der Waals surface area contributed by atoms with Crippen molar-refractivity contribution in [2.45, 2.75) is 65.0 Å². The molecule has 17 heavy (non-hydrogen) atoms. The molecule has 2 atom stereocenters. The number of carbonyl (C=O) groups excluding carboxylic acids is 1. The van der Waals surface area contributed by atoms with Crippen LogP contribution in [0.5, 0.6) is 0 Å². The molecule has 0 bridgehead atoms. The highest BCUT2D eigenvalue weighted by atomic mass is 16.4. The minimum absolute atomic E-state index is 0.140. The van der Waals surface area contributed by atoms with Crippen LogP contribution in [0.2, 0.25) is 0 Å². The van der Waals surface area contributed by atoms with E-state index in [0.717, 1.165) is 32.1 Å². The van der Waals surface area contributed by atoms with Gasteiger partial charge in [0, 0.05) is 6.04 Å². The number of carbonyl (C=O) groups is 2. The van der Waals surface area contributed by atoms with Crippen LogP contribution in [0.1, 0.15) is 52.9 Å². The topological polar surface area (TPSA) is 78.4 Å². The molecule has 0 heterocycles. The van der Waals surface area contributed by atoms with Crippen LogP contribution in [-0.4, -0.2) is 29.2 Å². The van der Waals surface area contributed by atoms with Gasteiger partial charge in [0.15, 0.2) is 0 Å².